The highest BCUT2D eigenvalue weighted by atomic mass is 16.2. The molecule has 3 aromatic carbocycles. The van der Waals surface area contributed by atoms with Gasteiger partial charge in [0.15, 0.2) is 0 Å². The molecule has 0 unspecified atom stereocenters. The van der Waals surface area contributed by atoms with Gasteiger partial charge in [-0.15, -0.1) is 0 Å². The lowest BCUT2D eigenvalue weighted by Gasteiger charge is -2.14. The van der Waals surface area contributed by atoms with Gasteiger partial charge in [0.25, 0.3) is 5.91 Å². The first-order valence-electron chi connectivity index (χ1n) is 9.99. The largest absolute Gasteiger partial charge is 0.343 e. The van der Waals surface area contributed by atoms with Crippen molar-refractivity contribution in [2.45, 2.75) is 0 Å². The Morgan fingerprint density at radius 3 is 2.19 bits per heavy atom. The van der Waals surface area contributed by atoms with E-state index >= 15 is 0 Å². The van der Waals surface area contributed by atoms with Crippen LogP contribution in [0.25, 0.3) is 11.1 Å². The maximum atomic E-state index is 12.3. The second-order valence-corrected chi connectivity index (χ2v) is 7.10. The van der Waals surface area contributed by atoms with Crippen LogP contribution in [-0.4, -0.2) is 37.5 Å². The molecule has 1 heterocycles. The molecule has 0 aliphatic carbocycles. The van der Waals surface area contributed by atoms with E-state index < -0.39 is 0 Å². The number of carbonyl (C=O) groups is 3. The molecule has 156 valence electrons. The lowest BCUT2D eigenvalue weighted by atomic mass is 10.0. The summed E-state index contributed by atoms with van der Waals surface area (Å²) in [4.78, 5) is 37.9. The SMILES string of the molecule is O=C(CNC(=O)c1ccc(-c2ccccc2)cc1)Nc1ccc(N2CCNC2=O)cc1. The first-order chi connectivity index (χ1) is 15.1. The summed E-state index contributed by atoms with van der Waals surface area (Å²) < 4.78 is 0. The Hall–Kier alpha value is -4.13. The number of rotatable bonds is 6. The Morgan fingerprint density at radius 1 is 0.871 bits per heavy atom. The van der Waals surface area contributed by atoms with Crippen LogP contribution in [0.4, 0.5) is 16.2 Å². The summed E-state index contributed by atoms with van der Waals surface area (Å²) in [6.07, 6.45) is 0. The van der Waals surface area contributed by atoms with Crippen LogP contribution in [0.5, 0.6) is 0 Å². The molecule has 1 fully saturated rings. The minimum Gasteiger partial charge on any atom is -0.343 e. The summed E-state index contributed by atoms with van der Waals surface area (Å²) in [5.74, 6) is -0.647. The van der Waals surface area contributed by atoms with E-state index in [-0.39, 0.29) is 24.4 Å². The Kier molecular flexibility index (Phi) is 5.93. The average Bonchev–Trinajstić information content (AvgIpc) is 3.24. The predicted octanol–water partition coefficient (Wildman–Crippen LogP) is 3.25. The zero-order valence-corrected chi connectivity index (χ0v) is 16.8. The summed E-state index contributed by atoms with van der Waals surface area (Å²) in [5, 5.41) is 8.11. The molecule has 0 bridgehead atoms. The van der Waals surface area contributed by atoms with Gasteiger partial charge in [0.2, 0.25) is 5.91 Å². The zero-order valence-electron chi connectivity index (χ0n) is 16.8. The Balaban J connectivity index is 1.28. The monoisotopic (exact) mass is 414 g/mol. The van der Waals surface area contributed by atoms with E-state index in [0.29, 0.717) is 24.3 Å². The zero-order chi connectivity index (χ0) is 21.6. The maximum absolute atomic E-state index is 12.3. The predicted molar refractivity (Wildman–Crippen MR) is 120 cm³/mol. The molecule has 0 aromatic heterocycles. The van der Waals surface area contributed by atoms with Crippen molar-refractivity contribution in [2.75, 3.05) is 29.9 Å². The van der Waals surface area contributed by atoms with Crippen molar-refractivity contribution >= 4 is 29.2 Å². The molecule has 7 heteroatoms. The molecule has 4 rings (SSSR count). The number of amides is 4. The smallest absolute Gasteiger partial charge is 0.321 e. The van der Waals surface area contributed by atoms with Crippen LogP contribution in [0.3, 0.4) is 0 Å². The lowest BCUT2D eigenvalue weighted by molar-refractivity contribution is -0.115. The Morgan fingerprint density at radius 2 is 1.55 bits per heavy atom. The third-order valence-electron chi connectivity index (χ3n) is 4.98. The van der Waals surface area contributed by atoms with E-state index in [1.807, 2.05) is 42.5 Å². The molecule has 1 aliphatic rings. The molecule has 1 aliphatic heterocycles. The molecule has 7 nitrogen and oxygen atoms in total. The van der Waals surface area contributed by atoms with Gasteiger partial charge in [0, 0.05) is 30.0 Å². The van der Waals surface area contributed by atoms with Crippen molar-refractivity contribution < 1.29 is 14.4 Å². The molecular formula is C24H22N4O3. The molecule has 3 aromatic rings. The normalized spacial score (nSPS) is 12.9. The molecule has 3 N–H and O–H groups in total. The van der Waals surface area contributed by atoms with Gasteiger partial charge in [-0.3, -0.25) is 14.5 Å². The number of nitrogens with zero attached hydrogens (tertiary/aromatic N) is 1. The number of nitrogens with one attached hydrogen (secondary N) is 3. The van der Waals surface area contributed by atoms with E-state index in [1.54, 1.807) is 41.3 Å². The van der Waals surface area contributed by atoms with Gasteiger partial charge in [-0.2, -0.15) is 0 Å². The highest BCUT2D eigenvalue weighted by Crippen LogP contribution is 2.20. The van der Waals surface area contributed by atoms with E-state index in [2.05, 4.69) is 16.0 Å². The van der Waals surface area contributed by atoms with Gasteiger partial charge < -0.3 is 16.0 Å². The van der Waals surface area contributed by atoms with E-state index in [9.17, 15) is 14.4 Å². The van der Waals surface area contributed by atoms with Gasteiger partial charge in [0.05, 0.1) is 6.54 Å². The van der Waals surface area contributed by atoms with Crippen LogP contribution in [0.15, 0.2) is 78.9 Å². The van der Waals surface area contributed by atoms with Crippen molar-refractivity contribution in [3.63, 3.8) is 0 Å². The number of carbonyl (C=O) groups excluding carboxylic acids is 3. The third-order valence-corrected chi connectivity index (χ3v) is 4.98. The minimum atomic E-state index is -0.332. The lowest BCUT2D eigenvalue weighted by Crippen LogP contribution is -2.32. The van der Waals surface area contributed by atoms with Crippen LogP contribution in [0.2, 0.25) is 0 Å². The first kappa shape index (κ1) is 20.2. The Labute approximate surface area is 180 Å². The minimum absolute atomic E-state index is 0.128. The maximum Gasteiger partial charge on any atom is 0.321 e. The third kappa shape index (κ3) is 4.90. The molecule has 4 amide bonds. The molecule has 0 saturated carbocycles. The van der Waals surface area contributed by atoms with E-state index in [1.165, 1.54) is 0 Å². The van der Waals surface area contributed by atoms with Gasteiger partial charge in [-0.25, -0.2) is 4.79 Å². The van der Waals surface area contributed by atoms with Crippen molar-refractivity contribution in [3.05, 3.63) is 84.4 Å². The molecular weight excluding hydrogens is 392 g/mol. The fraction of sp³-hybridized carbons (Fsp3) is 0.125. The highest BCUT2D eigenvalue weighted by molar-refractivity contribution is 6.00. The van der Waals surface area contributed by atoms with E-state index in [0.717, 1.165) is 16.8 Å². The summed E-state index contributed by atoms with van der Waals surface area (Å²) in [5.41, 5.74) is 3.94. The van der Waals surface area contributed by atoms with Crippen molar-refractivity contribution in [2.24, 2.45) is 0 Å². The molecule has 0 radical (unpaired) electrons. The van der Waals surface area contributed by atoms with Crippen LogP contribution in [0.1, 0.15) is 10.4 Å². The van der Waals surface area contributed by atoms with Crippen LogP contribution in [-0.2, 0) is 4.79 Å². The average molecular weight is 414 g/mol. The summed E-state index contributed by atoms with van der Waals surface area (Å²) in [7, 11) is 0. The molecule has 0 atom stereocenters. The number of urea groups is 1. The number of anilines is 2. The van der Waals surface area contributed by atoms with Gasteiger partial charge >= 0.3 is 6.03 Å². The second-order valence-electron chi connectivity index (χ2n) is 7.10. The van der Waals surface area contributed by atoms with Gasteiger partial charge in [0.1, 0.15) is 0 Å². The Bertz CT molecular complexity index is 1080. The molecule has 31 heavy (non-hydrogen) atoms. The second kappa shape index (κ2) is 9.13. The van der Waals surface area contributed by atoms with Gasteiger partial charge in [-0.1, -0.05) is 42.5 Å². The van der Waals surface area contributed by atoms with Crippen LogP contribution >= 0.6 is 0 Å². The molecule has 0 spiro atoms. The van der Waals surface area contributed by atoms with Crippen molar-refractivity contribution in [1.29, 1.82) is 0 Å². The fourth-order valence-corrected chi connectivity index (χ4v) is 3.36. The van der Waals surface area contributed by atoms with Gasteiger partial charge in [-0.05, 0) is 47.5 Å². The highest BCUT2D eigenvalue weighted by Gasteiger charge is 2.20. The topological polar surface area (TPSA) is 90.5 Å². The molecule has 1 saturated heterocycles. The fourth-order valence-electron chi connectivity index (χ4n) is 3.36. The number of hydrogen-bond donors (Lipinski definition) is 3. The van der Waals surface area contributed by atoms with Crippen molar-refractivity contribution in [3.8, 4) is 11.1 Å². The van der Waals surface area contributed by atoms with Crippen LogP contribution in [0, 0.1) is 0 Å². The summed E-state index contributed by atoms with van der Waals surface area (Å²) >= 11 is 0. The first-order valence-corrected chi connectivity index (χ1v) is 9.99. The van der Waals surface area contributed by atoms with Crippen molar-refractivity contribution in [1.82, 2.24) is 10.6 Å². The quantitative estimate of drug-likeness (QED) is 0.578. The van der Waals surface area contributed by atoms with Crippen LogP contribution < -0.4 is 20.9 Å². The number of hydrogen-bond acceptors (Lipinski definition) is 3. The standard InChI is InChI=1S/C24H22N4O3/c29-22(27-20-10-12-21(13-11-20)28-15-14-25-24(28)31)16-26-23(30)19-8-6-18(7-9-19)17-4-2-1-3-5-17/h1-13H,14-16H2,(H,25,31)(H,26,30)(H,27,29). The summed E-state index contributed by atoms with van der Waals surface area (Å²) in [6, 6.07) is 24.0. The summed E-state index contributed by atoms with van der Waals surface area (Å²) in [6.45, 7) is 1.09. The number of benzene rings is 3. The van der Waals surface area contributed by atoms with E-state index in [4.69, 9.17) is 0 Å².